The van der Waals surface area contributed by atoms with Crippen LogP contribution in [-0.4, -0.2) is 35.6 Å². The molecule has 2 N–H and O–H groups in total. The second-order valence-corrected chi connectivity index (χ2v) is 4.83. The third-order valence-electron chi connectivity index (χ3n) is 3.06. The Morgan fingerprint density at radius 2 is 1.96 bits per heavy atom. The number of aliphatic hydroxyl groups excluding tert-OH is 1. The molecule has 24 heavy (non-hydrogen) atoms. The number of rotatable bonds is 7. The van der Waals surface area contributed by atoms with Gasteiger partial charge in [-0.2, -0.15) is 0 Å². The average Bonchev–Trinajstić information content (AvgIpc) is 2.58. The van der Waals surface area contributed by atoms with Crippen LogP contribution >= 0.6 is 0 Å². The first-order valence-electron chi connectivity index (χ1n) is 7.05. The topological polar surface area (TPSA) is 71.5 Å². The number of pyridine rings is 1. The van der Waals surface area contributed by atoms with Crippen LogP contribution in [0.4, 0.5) is 13.2 Å². The molecule has 128 valence electrons. The normalized spacial score (nSPS) is 12.0. The molecule has 1 aromatic heterocycles. The van der Waals surface area contributed by atoms with E-state index in [2.05, 4.69) is 10.3 Å². The number of ether oxygens (including phenoxy) is 1. The number of aromatic nitrogens is 1. The summed E-state index contributed by atoms with van der Waals surface area (Å²) >= 11 is 0. The molecule has 0 bridgehead atoms. The van der Waals surface area contributed by atoms with E-state index in [9.17, 15) is 23.1 Å². The summed E-state index contributed by atoms with van der Waals surface area (Å²) in [5, 5.41) is 12.4. The molecule has 1 heterocycles. The summed E-state index contributed by atoms with van der Waals surface area (Å²) in [5.41, 5.74) is 0.261. The first-order valence-corrected chi connectivity index (χ1v) is 7.05. The fourth-order valence-corrected chi connectivity index (χ4v) is 1.91. The highest BCUT2D eigenvalue weighted by atomic mass is 19.3. The molecule has 1 atom stereocenters. The number of carbonyl (C=O) groups is 1. The van der Waals surface area contributed by atoms with E-state index >= 15 is 0 Å². The maximum absolute atomic E-state index is 12.8. The smallest absolute Gasteiger partial charge is 0.273 e. The second-order valence-electron chi connectivity index (χ2n) is 4.83. The first kappa shape index (κ1) is 17.7. The molecule has 1 aromatic carbocycles. The average molecular weight is 340 g/mol. The van der Waals surface area contributed by atoms with Crippen LogP contribution < -0.4 is 10.1 Å². The van der Waals surface area contributed by atoms with Crippen molar-refractivity contribution in [2.24, 2.45) is 0 Å². The van der Waals surface area contributed by atoms with E-state index in [-0.39, 0.29) is 18.0 Å². The quantitative estimate of drug-likeness (QED) is 0.811. The van der Waals surface area contributed by atoms with Crippen LogP contribution in [0.3, 0.4) is 0 Å². The minimum atomic E-state index is -2.68. The van der Waals surface area contributed by atoms with Gasteiger partial charge in [-0.1, -0.05) is 12.1 Å². The molecular formula is C16H15F3N2O3. The number of hydrogen-bond donors (Lipinski definition) is 2. The number of carbonyl (C=O) groups excluding carboxylic acids is 1. The van der Waals surface area contributed by atoms with E-state index in [1.165, 1.54) is 42.6 Å². The number of amides is 1. The molecule has 5 nitrogen and oxygen atoms in total. The van der Waals surface area contributed by atoms with E-state index < -0.39 is 30.9 Å². The lowest BCUT2D eigenvalue weighted by molar-refractivity contribution is 0.0785. The fourth-order valence-electron chi connectivity index (χ4n) is 1.91. The fraction of sp³-hybridized carbons (Fsp3) is 0.250. The van der Waals surface area contributed by atoms with Crippen LogP contribution in [0.15, 0.2) is 42.6 Å². The van der Waals surface area contributed by atoms with Crippen molar-refractivity contribution in [2.75, 3.05) is 13.2 Å². The standard InChI is InChI=1S/C16H15F3N2O3/c17-11-5-3-10(4-6-11)12(22)8-21-16(23)15-13(2-1-7-20-15)24-9-14(18)19/h1-7,12,14,22H,8-9H2,(H,21,23). The highest BCUT2D eigenvalue weighted by Gasteiger charge is 2.17. The molecule has 0 aliphatic rings. The maximum Gasteiger partial charge on any atom is 0.273 e. The Bertz CT molecular complexity index is 681. The van der Waals surface area contributed by atoms with Crippen molar-refractivity contribution in [3.05, 3.63) is 59.7 Å². The monoisotopic (exact) mass is 340 g/mol. The van der Waals surface area contributed by atoms with E-state index in [0.29, 0.717) is 5.56 Å². The summed E-state index contributed by atoms with van der Waals surface area (Å²) in [6.45, 7) is -1.01. The van der Waals surface area contributed by atoms with Gasteiger partial charge in [0, 0.05) is 12.7 Å². The summed E-state index contributed by atoms with van der Waals surface area (Å²) in [7, 11) is 0. The third kappa shape index (κ3) is 4.95. The Morgan fingerprint density at radius 1 is 1.25 bits per heavy atom. The Hall–Kier alpha value is -2.61. The number of benzene rings is 1. The number of hydrogen-bond acceptors (Lipinski definition) is 4. The molecule has 2 aromatic rings. The van der Waals surface area contributed by atoms with Gasteiger partial charge in [-0.25, -0.2) is 18.2 Å². The molecular weight excluding hydrogens is 325 g/mol. The molecule has 2 rings (SSSR count). The zero-order valence-electron chi connectivity index (χ0n) is 12.5. The number of halogens is 3. The van der Waals surface area contributed by atoms with Crippen LogP contribution in [0.25, 0.3) is 0 Å². The summed E-state index contributed by atoms with van der Waals surface area (Å²) < 4.78 is 42.1. The van der Waals surface area contributed by atoms with Gasteiger partial charge in [-0.3, -0.25) is 4.79 Å². The van der Waals surface area contributed by atoms with E-state index in [1.807, 2.05) is 0 Å². The van der Waals surface area contributed by atoms with Gasteiger partial charge in [0.05, 0.1) is 6.10 Å². The number of alkyl halides is 2. The van der Waals surface area contributed by atoms with Crippen LogP contribution in [0.1, 0.15) is 22.2 Å². The van der Waals surface area contributed by atoms with E-state index in [4.69, 9.17) is 4.74 Å². The van der Waals surface area contributed by atoms with Crippen molar-refractivity contribution in [1.29, 1.82) is 0 Å². The predicted molar refractivity (Wildman–Crippen MR) is 79.4 cm³/mol. The molecule has 0 aliphatic heterocycles. The van der Waals surface area contributed by atoms with Gasteiger partial charge >= 0.3 is 0 Å². The highest BCUT2D eigenvalue weighted by molar-refractivity contribution is 5.94. The van der Waals surface area contributed by atoms with Crippen molar-refractivity contribution in [1.82, 2.24) is 10.3 Å². The van der Waals surface area contributed by atoms with E-state index in [0.717, 1.165) is 0 Å². The Balaban J connectivity index is 1.98. The van der Waals surface area contributed by atoms with Crippen molar-refractivity contribution in [3.63, 3.8) is 0 Å². The predicted octanol–water partition coefficient (Wildman–Crippen LogP) is 2.33. The zero-order chi connectivity index (χ0) is 17.5. The maximum atomic E-state index is 12.8. The van der Waals surface area contributed by atoms with Crippen molar-refractivity contribution in [3.8, 4) is 5.75 Å². The van der Waals surface area contributed by atoms with Gasteiger partial charge in [0.1, 0.15) is 12.4 Å². The molecule has 0 spiro atoms. The van der Waals surface area contributed by atoms with Crippen molar-refractivity contribution in [2.45, 2.75) is 12.5 Å². The van der Waals surface area contributed by atoms with Gasteiger partial charge in [0.2, 0.25) is 0 Å². The van der Waals surface area contributed by atoms with Crippen LogP contribution in [0, 0.1) is 5.82 Å². The molecule has 0 aliphatic carbocycles. The summed E-state index contributed by atoms with van der Waals surface area (Å²) in [6.07, 6.45) is -2.41. The van der Waals surface area contributed by atoms with Gasteiger partial charge in [0.15, 0.2) is 11.4 Å². The van der Waals surface area contributed by atoms with Crippen LogP contribution in [0.5, 0.6) is 5.75 Å². The second kappa shape index (κ2) is 8.30. The molecule has 0 saturated carbocycles. The van der Waals surface area contributed by atoms with Crippen LogP contribution in [0.2, 0.25) is 0 Å². The number of aliphatic hydroxyl groups is 1. The van der Waals surface area contributed by atoms with Gasteiger partial charge in [0.25, 0.3) is 12.3 Å². The largest absolute Gasteiger partial charge is 0.485 e. The zero-order valence-corrected chi connectivity index (χ0v) is 12.5. The lowest BCUT2D eigenvalue weighted by Gasteiger charge is -2.13. The molecule has 0 radical (unpaired) electrons. The minimum absolute atomic E-state index is 0.0772. The van der Waals surface area contributed by atoms with E-state index in [1.54, 1.807) is 0 Å². The first-order chi connectivity index (χ1) is 11.5. The SMILES string of the molecule is O=C(NCC(O)c1ccc(F)cc1)c1ncccc1OCC(F)F. The summed E-state index contributed by atoms with van der Waals surface area (Å²) in [4.78, 5) is 15.9. The lowest BCUT2D eigenvalue weighted by Crippen LogP contribution is -2.29. The Kier molecular flexibility index (Phi) is 6.14. The van der Waals surface area contributed by atoms with Crippen molar-refractivity contribution >= 4 is 5.91 Å². The Morgan fingerprint density at radius 3 is 2.62 bits per heavy atom. The Labute approximate surface area is 136 Å². The third-order valence-corrected chi connectivity index (χ3v) is 3.06. The van der Waals surface area contributed by atoms with Gasteiger partial charge in [-0.15, -0.1) is 0 Å². The number of nitrogens with zero attached hydrogens (tertiary/aromatic N) is 1. The molecule has 1 unspecified atom stereocenters. The molecule has 8 heteroatoms. The lowest BCUT2D eigenvalue weighted by atomic mass is 10.1. The summed E-state index contributed by atoms with van der Waals surface area (Å²) in [6, 6.07) is 7.96. The molecule has 0 saturated heterocycles. The molecule has 1 amide bonds. The number of nitrogens with one attached hydrogen (secondary N) is 1. The molecule has 0 fully saturated rings. The minimum Gasteiger partial charge on any atom is -0.485 e. The van der Waals surface area contributed by atoms with Crippen molar-refractivity contribution < 1.29 is 27.8 Å². The summed E-state index contributed by atoms with van der Waals surface area (Å²) in [5.74, 6) is -1.20. The van der Waals surface area contributed by atoms with Gasteiger partial charge in [-0.05, 0) is 29.8 Å². The highest BCUT2D eigenvalue weighted by Crippen LogP contribution is 2.17. The van der Waals surface area contributed by atoms with Crippen LogP contribution in [-0.2, 0) is 0 Å². The van der Waals surface area contributed by atoms with Gasteiger partial charge < -0.3 is 15.2 Å².